The van der Waals surface area contributed by atoms with Crippen LogP contribution in [-0.4, -0.2) is 49.6 Å². The van der Waals surface area contributed by atoms with Crippen molar-refractivity contribution in [3.63, 3.8) is 0 Å². The number of hydrogen-bond donors (Lipinski definition) is 1. The second kappa shape index (κ2) is 6.68. The fourth-order valence-electron chi connectivity index (χ4n) is 2.52. The zero-order chi connectivity index (χ0) is 13.7. The molecule has 0 saturated carbocycles. The number of rotatable bonds is 4. The fourth-order valence-corrected chi connectivity index (χ4v) is 2.52. The lowest BCUT2D eigenvalue weighted by atomic mass is 10.2. The van der Waals surface area contributed by atoms with Crippen molar-refractivity contribution in [3.05, 3.63) is 30.3 Å². The minimum atomic E-state index is -0.0535. The first-order valence-corrected chi connectivity index (χ1v) is 7.05. The number of carbonyl (C=O) groups is 1. The molecule has 1 fully saturated rings. The first-order chi connectivity index (χ1) is 9.24. The molecule has 4 heteroatoms. The maximum Gasteiger partial charge on any atom is 0.244 e. The van der Waals surface area contributed by atoms with Crippen LogP contribution in [0.2, 0.25) is 0 Å². The van der Waals surface area contributed by atoms with E-state index in [1.165, 1.54) is 0 Å². The number of likely N-dealkylation sites (N-methyl/N-ethyl adjacent to an activating group) is 1. The van der Waals surface area contributed by atoms with E-state index in [4.69, 9.17) is 0 Å². The molecule has 1 amide bonds. The van der Waals surface area contributed by atoms with Gasteiger partial charge in [0.1, 0.15) is 0 Å². The summed E-state index contributed by atoms with van der Waals surface area (Å²) in [6, 6.07) is 9.85. The smallest absolute Gasteiger partial charge is 0.244 e. The van der Waals surface area contributed by atoms with E-state index in [1.807, 2.05) is 49.1 Å². The quantitative estimate of drug-likeness (QED) is 0.888. The molecule has 1 saturated heterocycles. The van der Waals surface area contributed by atoms with E-state index in [9.17, 15) is 4.79 Å². The summed E-state index contributed by atoms with van der Waals surface area (Å²) in [4.78, 5) is 16.8. The monoisotopic (exact) mass is 261 g/mol. The van der Waals surface area contributed by atoms with E-state index < -0.39 is 0 Å². The number of hydrogen-bond acceptors (Lipinski definition) is 3. The average Bonchev–Trinajstić information content (AvgIpc) is 2.49. The highest BCUT2D eigenvalue weighted by Gasteiger charge is 2.26. The molecule has 0 aliphatic carbocycles. The fraction of sp³-hybridized carbons (Fsp3) is 0.533. The molecule has 0 aromatic heterocycles. The third-order valence-corrected chi connectivity index (χ3v) is 3.71. The molecule has 0 spiro atoms. The van der Waals surface area contributed by atoms with Gasteiger partial charge in [-0.15, -0.1) is 0 Å². The molecule has 4 nitrogen and oxygen atoms in total. The van der Waals surface area contributed by atoms with Crippen molar-refractivity contribution in [3.8, 4) is 0 Å². The lowest BCUT2D eigenvalue weighted by Gasteiger charge is -2.34. The van der Waals surface area contributed by atoms with Crippen molar-refractivity contribution in [2.45, 2.75) is 19.9 Å². The van der Waals surface area contributed by atoms with Gasteiger partial charge in [0.25, 0.3) is 0 Å². The van der Waals surface area contributed by atoms with Crippen LogP contribution >= 0.6 is 0 Å². The normalized spacial score (nSPS) is 18.0. The van der Waals surface area contributed by atoms with Crippen LogP contribution in [0.5, 0.6) is 0 Å². The Labute approximate surface area is 115 Å². The summed E-state index contributed by atoms with van der Waals surface area (Å²) in [6.45, 7) is 8.57. The Balaban J connectivity index is 2.07. The SMILES string of the molecule is CCN(C(=O)C(C)N1CCNCC1)c1ccccc1. The standard InChI is InChI=1S/C15H23N3O/c1-3-18(14-7-5-4-6-8-14)15(19)13(2)17-11-9-16-10-12-17/h4-8,13,16H,3,9-12H2,1-2H3. The van der Waals surface area contributed by atoms with Crippen molar-refractivity contribution >= 4 is 11.6 Å². The molecular weight excluding hydrogens is 238 g/mol. The van der Waals surface area contributed by atoms with Crippen LogP contribution in [0, 0.1) is 0 Å². The topological polar surface area (TPSA) is 35.6 Å². The number of amides is 1. The van der Waals surface area contributed by atoms with E-state index in [0.29, 0.717) is 6.54 Å². The first-order valence-electron chi connectivity index (χ1n) is 7.05. The summed E-state index contributed by atoms with van der Waals surface area (Å²) >= 11 is 0. The van der Waals surface area contributed by atoms with Gasteiger partial charge in [-0.3, -0.25) is 9.69 Å². The number of nitrogens with one attached hydrogen (secondary N) is 1. The second-order valence-corrected chi connectivity index (χ2v) is 4.88. The van der Waals surface area contributed by atoms with Gasteiger partial charge in [0.2, 0.25) is 5.91 Å². The van der Waals surface area contributed by atoms with Gasteiger partial charge in [0.15, 0.2) is 0 Å². The van der Waals surface area contributed by atoms with Crippen molar-refractivity contribution in [2.24, 2.45) is 0 Å². The summed E-state index contributed by atoms with van der Waals surface area (Å²) in [5.74, 6) is 0.190. The van der Waals surface area contributed by atoms with Crippen LogP contribution < -0.4 is 10.2 Å². The molecule has 2 rings (SSSR count). The van der Waals surface area contributed by atoms with Crippen molar-refractivity contribution in [2.75, 3.05) is 37.6 Å². The lowest BCUT2D eigenvalue weighted by Crippen LogP contribution is -2.53. The van der Waals surface area contributed by atoms with Gasteiger partial charge < -0.3 is 10.2 Å². The van der Waals surface area contributed by atoms with Gasteiger partial charge in [-0.05, 0) is 26.0 Å². The highest BCUT2D eigenvalue weighted by molar-refractivity contribution is 5.96. The zero-order valence-electron chi connectivity index (χ0n) is 11.8. The molecule has 1 aromatic carbocycles. The van der Waals surface area contributed by atoms with Crippen LogP contribution in [0.1, 0.15) is 13.8 Å². The molecule has 1 atom stereocenters. The largest absolute Gasteiger partial charge is 0.314 e. The molecule has 104 valence electrons. The van der Waals surface area contributed by atoms with Gasteiger partial charge >= 0.3 is 0 Å². The Kier molecular flexibility index (Phi) is 4.93. The summed E-state index contributed by atoms with van der Waals surface area (Å²) < 4.78 is 0. The Morgan fingerprint density at radius 2 is 1.95 bits per heavy atom. The average molecular weight is 261 g/mol. The van der Waals surface area contributed by atoms with Crippen LogP contribution in [0.4, 0.5) is 5.69 Å². The Morgan fingerprint density at radius 1 is 1.32 bits per heavy atom. The number of benzene rings is 1. The molecule has 1 heterocycles. The van der Waals surface area contributed by atoms with Crippen molar-refractivity contribution in [1.82, 2.24) is 10.2 Å². The Bertz CT molecular complexity index is 401. The highest BCUT2D eigenvalue weighted by Crippen LogP contribution is 2.16. The van der Waals surface area contributed by atoms with Gasteiger partial charge in [-0.25, -0.2) is 0 Å². The minimum Gasteiger partial charge on any atom is -0.314 e. The summed E-state index contributed by atoms with van der Waals surface area (Å²) in [5, 5.41) is 3.32. The number of carbonyl (C=O) groups excluding carboxylic acids is 1. The number of para-hydroxylation sites is 1. The Hall–Kier alpha value is -1.39. The van der Waals surface area contributed by atoms with Crippen LogP contribution in [0.3, 0.4) is 0 Å². The molecule has 19 heavy (non-hydrogen) atoms. The lowest BCUT2D eigenvalue weighted by molar-refractivity contribution is -0.123. The van der Waals surface area contributed by atoms with E-state index in [2.05, 4.69) is 10.2 Å². The molecule has 1 unspecified atom stereocenters. The van der Waals surface area contributed by atoms with Crippen LogP contribution in [0.15, 0.2) is 30.3 Å². The van der Waals surface area contributed by atoms with Gasteiger partial charge in [0.05, 0.1) is 6.04 Å². The van der Waals surface area contributed by atoms with E-state index in [0.717, 1.165) is 31.9 Å². The predicted molar refractivity (Wildman–Crippen MR) is 78.4 cm³/mol. The highest BCUT2D eigenvalue weighted by atomic mass is 16.2. The molecule has 1 aliphatic heterocycles. The van der Waals surface area contributed by atoms with Crippen molar-refractivity contribution < 1.29 is 4.79 Å². The molecule has 1 aromatic rings. The zero-order valence-corrected chi connectivity index (χ0v) is 11.8. The van der Waals surface area contributed by atoms with E-state index in [1.54, 1.807) is 0 Å². The minimum absolute atomic E-state index is 0.0535. The van der Waals surface area contributed by atoms with Gasteiger partial charge in [-0.1, -0.05) is 18.2 Å². The summed E-state index contributed by atoms with van der Waals surface area (Å²) in [6.07, 6.45) is 0. The molecule has 0 bridgehead atoms. The predicted octanol–water partition coefficient (Wildman–Crippen LogP) is 1.33. The maximum atomic E-state index is 12.6. The third kappa shape index (κ3) is 3.33. The Morgan fingerprint density at radius 3 is 2.53 bits per heavy atom. The number of anilines is 1. The molecule has 0 radical (unpaired) electrons. The third-order valence-electron chi connectivity index (χ3n) is 3.71. The van der Waals surface area contributed by atoms with Crippen molar-refractivity contribution in [1.29, 1.82) is 0 Å². The first kappa shape index (κ1) is 14.0. The van der Waals surface area contributed by atoms with E-state index >= 15 is 0 Å². The molecular formula is C15H23N3O. The van der Waals surface area contributed by atoms with Gasteiger partial charge in [-0.2, -0.15) is 0 Å². The van der Waals surface area contributed by atoms with E-state index in [-0.39, 0.29) is 11.9 Å². The number of nitrogens with zero attached hydrogens (tertiary/aromatic N) is 2. The van der Waals surface area contributed by atoms with Crippen LogP contribution in [0.25, 0.3) is 0 Å². The number of piperazine rings is 1. The molecule has 1 aliphatic rings. The van der Waals surface area contributed by atoms with Gasteiger partial charge in [0, 0.05) is 38.4 Å². The summed E-state index contributed by atoms with van der Waals surface area (Å²) in [5.41, 5.74) is 0.983. The second-order valence-electron chi connectivity index (χ2n) is 4.88. The van der Waals surface area contributed by atoms with Crippen LogP contribution in [-0.2, 0) is 4.79 Å². The maximum absolute atomic E-state index is 12.6. The summed E-state index contributed by atoms with van der Waals surface area (Å²) in [7, 11) is 0. The molecule has 1 N–H and O–H groups in total.